The van der Waals surface area contributed by atoms with Gasteiger partial charge in [0.2, 0.25) is 5.95 Å². The molecular weight excluding hydrogens is 480 g/mol. The maximum absolute atomic E-state index is 13.8. The summed E-state index contributed by atoms with van der Waals surface area (Å²) in [4.78, 5) is 24.9. The highest BCUT2D eigenvalue weighted by molar-refractivity contribution is 5.90. The van der Waals surface area contributed by atoms with Crippen LogP contribution in [0.5, 0.6) is 0 Å². The van der Waals surface area contributed by atoms with Crippen molar-refractivity contribution in [3.05, 3.63) is 77.3 Å². The average Bonchev–Trinajstić information content (AvgIpc) is 3.21. The number of nitrogens with zero attached hydrogens (tertiary/aromatic N) is 5. The molecule has 0 aliphatic heterocycles. The van der Waals surface area contributed by atoms with Crippen molar-refractivity contribution in [3.63, 3.8) is 0 Å². The molecule has 0 aliphatic carbocycles. The van der Waals surface area contributed by atoms with Crippen molar-refractivity contribution in [2.24, 2.45) is 0 Å². The van der Waals surface area contributed by atoms with Gasteiger partial charge < -0.3 is 10.1 Å². The number of aryl methyl sites for hydroxylation is 2. The van der Waals surface area contributed by atoms with Gasteiger partial charge in [-0.1, -0.05) is 0 Å². The number of carbonyl (C=O) groups excluding carboxylic acids is 1. The second-order valence-electron chi connectivity index (χ2n) is 7.84. The molecule has 4 rings (SSSR count). The van der Waals surface area contributed by atoms with E-state index in [1.165, 1.54) is 43.7 Å². The second kappa shape index (κ2) is 9.72. The molecular formula is C24H20F4N6O2. The summed E-state index contributed by atoms with van der Waals surface area (Å²) < 4.78 is 59.9. The van der Waals surface area contributed by atoms with Gasteiger partial charge in [-0.25, -0.2) is 18.9 Å². The number of esters is 1. The Morgan fingerprint density at radius 2 is 1.86 bits per heavy atom. The molecule has 0 radical (unpaired) electrons. The lowest BCUT2D eigenvalue weighted by Crippen LogP contribution is -2.11. The van der Waals surface area contributed by atoms with Crippen LogP contribution >= 0.6 is 0 Å². The minimum Gasteiger partial charge on any atom is -0.462 e. The average molecular weight is 500 g/mol. The van der Waals surface area contributed by atoms with Crippen LogP contribution in [0.1, 0.15) is 34.2 Å². The molecule has 0 saturated heterocycles. The number of carbonyl (C=O) groups is 1. The SMILES string of the molecule is CCOC(=O)c1cncc(-c2cnc(Nc3cc(C)cc(F)c3)nc2-n2nc(C(F)(F)F)cc2C)c1. The fraction of sp³-hybridized carbons (Fsp3) is 0.208. The van der Waals surface area contributed by atoms with Crippen LogP contribution in [0, 0.1) is 19.7 Å². The molecule has 3 heterocycles. The minimum absolute atomic E-state index is 0.00304. The van der Waals surface area contributed by atoms with Gasteiger partial charge >= 0.3 is 12.1 Å². The van der Waals surface area contributed by atoms with E-state index in [2.05, 4.69) is 25.4 Å². The van der Waals surface area contributed by atoms with Gasteiger partial charge in [0.15, 0.2) is 11.5 Å². The summed E-state index contributed by atoms with van der Waals surface area (Å²) in [6.07, 6.45) is -0.589. The van der Waals surface area contributed by atoms with Crippen molar-refractivity contribution in [2.45, 2.75) is 26.9 Å². The molecule has 8 nitrogen and oxygen atoms in total. The standard InChI is InChI=1S/C24H20F4N6O2/c1-4-36-22(35)16-8-15(10-29-11-16)19-12-30-23(31-18-6-13(2)5-17(25)9-18)32-21(19)34-14(3)7-20(33-34)24(26,27)28/h5-12H,4H2,1-3H3,(H,30,31,32). The third-order valence-corrected chi connectivity index (χ3v) is 5.01. The number of halogens is 4. The molecule has 0 spiro atoms. The zero-order valence-corrected chi connectivity index (χ0v) is 19.4. The van der Waals surface area contributed by atoms with Crippen LogP contribution in [0.3, 0.4) is 0 Å². The highest BCUT2D eigenvalue weighted by atomic mass is 19.4. The fourth-order valence-corrected chi connectivity index (χ4v) is 3.48. The van der Waals surface area contributed by atoms with Crippen molar-refractivity contribution in [2.75, 3.05) is 11.9 Å². The van der Waals surface area contributed by atoms with Crippen molar-refractivity contribution >= 4 is 17.6 Å². The van der Waals surface area contributed by atoms with Crippen LogP contribution < -0.4 is 5.32 Å². The van der Waals surface area contributed by atoms with Gasteiger partial charge in [0.1, 0.15) is 5.82 Å². The molecule has 0 fully saturated rings. The number of ether oxygens (including phenoxy) is 1. The molecule has 1 aromatic carbocycles. The first-order chi connectivity index (χ1) is 17.0. The number of nitrogens with one attached hydrogen (secondary N) is 1. The molecule has 0 unspecified atom stereocenters. The van der Waals surface area contributed by atoms with E-state index in [1.54, 1.807) is 19.9 Å². The van der Waals surface area contributed by atoms with E-state index in [4.69, 9.17) is 4.74 Å². The molecule has 0 bridgehead atoms. The van der Waals surface area contributed by atoms with Crippen LogP contribution in [-0.4, -0.2) is 37.3 Å². The van der Waals surface area contributed by atoms with Crippen LogP contribution in [0.4, 0.5) is 29.2 Å². The Labute approximate surface area is 203 Å². The quantitative estimate of drug-likeness (QED) is 0.279. The Hall–Kier alpha value is -4.35. The summed E-state index contributed by atoms with van der Waals surface area (Å²) in [6.45, 7) is 4.97. The van der Waals surface area contributed by atoms with Gasteiger partial charge in [0.25, 0.3) is 0 Å². The predicted molar refractivity (Wildman–Crippen MR) is 123 cm³/mol. The lowest BCUT2D eigenvalue weighted by molar-refractivity contribution is -0.141. The van der Waals surface area contributed by atoms with Crippen molar-refractivity contribution in [3.8, 4) is 16.9 Å². The number of benzene rings is 1. The van der Waals surface area contributed by atoms with Crippen LogP contribution in [0.25, 0.3) is 16.9 Å². The lowest BCUT2D eigenvalue weighted by Gasteiger charge is -2.13. The van der Waals surface area contributed by atoms with Gasteiger partial charge in [-0.3, -0.25) is 4.98 Å². The highest BCUT2D eigenvalue weighted by Crippen LogP contribution is 2.32. The number of rotatable bonds is 6. The van der Waals surface area contributed by atoms with Crippen molar-refractivity contribution in [1.29, 1.82) is 0 Å². The monoisotopic (exact) mass is 500 g/mol. The van der Waals surface area contributed by atoms with Gasteiger partial charge in [0.05, 0.1) is 12.2 Å². The number of alkyl halides is 3. The second-order valence-corrected chi connectivity index (χ2v) is 7.84. The summed E-state index contributed by atoms with van der Waals surface area (Å²) in [5.41, 5.74) is 0.814. The summed E-state index contributed by atoms with van der Waals surface area (Å²) in [5, 5.41) is 6.56. The van der Waals surface area contributed by atoms with E-state index in [0.717, 1.165) is 10.7 Å². The molecule has 0 saturated carbocycles. The smallest absolute Gasteiger partial charge is 0.435 e. The zero-order chi connectivity index (χ0) is 26.0. The van der Waals surface area contributed by atoms with Crippen molar-refractivity contribution in [1.82, 2.24) is 24.7 Å². The first-order valence-electron chi connectivity index (χ1n) is 10.7. The van der Waals surface area contributed by atoms with E-state index >= 15 is 0 Å². The Morgan fingerprint density at radius 3 is 2.53 bits per heavy atom. The number of aromatic nitrogens is 5. The Bertz CT molecular complexity index is 1410. The molecule has 0 atom stereocenters. The van der Waals surface area contributed by atoms with E-state index in [-0.39, 0.29) is 35.2 Å². The first kappa shape index (κ1) is 24.8. The largest absolute Gasteiger partial charge is 0.462 e. The van der Waals surface area contributed by atoms with Crippen LogP contribution in [0.15, 0.2) is 48.9 Å². The van der Waals surface area contributed by atoms with E-state index in [9.17, 15) is 22.4 Å². The van der Waals surface area contributed by atoms with Crippen molar-refractivity contribution < 1.29 is 27.1 Å². The maximum atomic E-state index is 13.8. The number of pyridine rings is 1. The van der Waals surface area contributed by atoms with Gasteiger partial charge in [-0.2, -0.15) is 23.3 Å². The van der Waals surface area contributed by atoms with E-state index in [0.29, 0.717) is 16.8 Å². The number of anilines is 2. The fourth-order valence-electron chi connectivity index (χ4n) is 3.48. The summed E-state index contributed by atoms with van der Waals surface area (Å²) in [6, 6.07) is 6.60. The Balaban J connectivity index is 1.85. The molecule has 186 valence electrons. The Morgan fingerprint density at radius 1 is 1.08 bits per heavy atom. The number of hydrogen-bond acceptors (Lipinski definition) is 7. The Kier molecular flexibility index (Phi) is 6.69. The van der Waals surface area contributed by atoms with Crippen LogP contribution in [0.2, 0.25) is 0 Å². The molecule has 12 heteroatoms. The first-order valence-corrected chi connectivity index (χ1v) is 10.7. The maximum Gasteiger partial charge on any atom is 0.435 e. The summed E-state index contributed by atoms with van der Waals surface area (Å²) >= 11 is 0. The van der Waals surface area contributed by atoms with Gasteiger partial charge in [-0.05, 0) is 56.7 Å². The molecule has 36 heavy (non-hydrogen) atoms. The molecule has 4 aromatic rings. The normalized spacial score (nSPS) is 11.4. The van der Waals surface area contributed by atoms with E-state index < -0.39 is 23.7 Å². The van der Waals surface area contributed by atoms with Crippen LogP contribution in [-0.2, 0) is 10.9 Å². The molecule has 0 aliphatic rings. The summed E-state index contributed by atoms with van der Waals surface area (Å²) in [5.74, 6) is -1.09. The third kappa shape index (κ3) is 5.32. The minimum atomic E-state index is -4.67. The molecule has 3 aromatic heterocycles. The highest BCUT2D eigenvalue weighted by Gasteiger charge is 2.35. The number of hydrogen-bond donors (Lipinski definition) is 1. The lowest BCUT2D eigenvalue weighted by atomic mass is 10.1. The van der Waals surface area contributed by atoms with Gasteiger partial charge in [0, 0.05) is 41.1 Å². The topological polar surface area (TPSA) is 94.8 Å². The van der Waals surface area contributed by atoms with Gasteiger partial charge in [-0.15, -0.1) is 0 Å². The summed E-state index contributed by atoms with van der Waals surface area (Å²) in [7, 11) is 0. The third-order valence-electron chi connectivity index (χ3n) is 5.01. The molecule has 0 amide bonds. The van der Waals surface area contributed by atoms with E-state index in [1.807, 2.05) is 0 Å². The molecule has 1 N–H and O–H groups in total. The predicted octanol–water partition coefficient (Wildman–Crippen LogP) is 5.42. The zero-order valence-electron chi connectivity index (χ0n) is 19.4.